The molecule has 0 atom stereocenters. The molecule has 2 aromatic carbocycles. The van der Waals surface area contributed by atoms with Crippen molar-refractivity contribution in [2.24, 2.45) is 0 Å². The number of hydrogen-bond donors (Lipinski definition) is 1. The third-order valence-electron chi connectivity index (χ3n) is 4.99. The molecule has 2 aromatic rings. The van der Waals surface area contributed by atoms with Crippen molar-refractivity contribution < 1.29 is 23.8 Å². The summed E-state index contributed by atoms with van der Waals surface area (Å²) in [5.74, 6) is 0.700. The SMILES string of the molecule is CCOc1ccc(NC(=O)C(=O)N2CCN(c3ccccc3OC)CC2)cc1OCC. The molecule has 1 aliphatic heterocycles. The quantitative estimate of drug-likeness (QED) is 0.685. The van der Waals surface area contributed by atoms with Gasteiger partial charge in [0, 0.05) is 37.9 Å². The second kappa shape index (κ2) is 10.6. The predicted octanol–water partition coefficient (Wildman–Crippen LogP) is 2.78. The van der Waals surface area contributed by atoms with Gasteiger partial charge in [0.15, 0.2) is 11.5 Å². The van der Waals surface area contributed by atoms with Crippen LogP contribution < -0.4 is 24.4 Å². The summed E-state index contributed by atoms with van der Waals surface area (Å²) in [4.78, 5) is 28.9. The third-order valence-corrected chi connectivity index (χ3v) is 4.99. The zero-order chi connectivity index (χ0) is 22.2. The number of anilines is 2. The van der Waals surface area contributed by atoms with Gasteiger partial charge in [-0.05, 0) is 38.1 Å². The number of ether oxygens (including phenoxy) is 3. The highest BCUT2D eigenvalue weighted by Crippen LogP contribution is 2.31. The van der Waals surface area contributed by atoms with Crippen LogP contribution in [0.1, 0.15) is 13.8 Å². The first-order valence-electron chi connectivity index (χ1n) is 10.4. The Labute approximate surface area is 182 Å². The van der Waals surface area contributed by atoms with Crippen molar-refractivity contribution in [1.29, 1.82) is 0 Å². The minimum Gasteiger partial charge on any atom is -0.495 e. The summed E-state index contributed by atoms with van der Waals surface area (Å²) in [6.45, 7) is 6.88. The number of amides is 2. The number of carbonyl (C=O) groups is 2. The van der Waals surface area contributed by atoms with Crippen molar-refractivity contribution in [2.75, 3.05) is 56.7 Å². The van der Waals surface area contributed by atoms with Gasteiger partial charge < -0.3 is 29.3 Å². The fourth-order valence-electron chi connectivity index (χ4n) is 3.50. The third kappa shape index (κ3) is 5.39. The molecule has 3 rings (SSSR count). The summed E-state index contributed by atoms with van der Waals surface area (Å²) in [7, 11) is 1.64. The normalized spacial score (nSPS) is 13.5. The Morgan fingerprint density at radius 2 is 1.58 bits per heavy atom. The van der Waals surface area contributed by atoms with Crippen molar-refractivity contribution in [3.63, 3.8) is 0 Å². The second-order valence-corrected chi connectivity index (χ2v) is 6.93. The highest BCUT2D eigenvalue weighted by atomic mass is 16.5. The van der Waals surface area contributed by atoms with Crippen LogP contribution in [0, 0.1) is 0 Å². The zero-order valence-corrected chi connectivity index (χ0v) is 18.2. The maximum Gasteiger partial charge on any atom is 0.313 e. The molecule has 8 nitrogen and oxygen atoms in total. The van der Waals surface area contributed by atoms with Crippen molar-refractivity contribution in [3.8, 4) is 17.2 Å². The highest BCUT2D eigenvalue weighted by Gasteiger charge is 2.27. The van der Waals surface area contributed by atoms with Crippen LogP contribution in [0.4, 0.5) is 11.4 Å². The smallest absolute Gasteiger partial charge is 0.313 e. The van der Waals surface area contributed by atoms with E-state index in [2.05, 4.69) is 10.2 Å². The number of nitrogens with one attached hydrogen (secondary N) is 1. The van der Waals surface area contributed by atoms with E-state index in [1.165, 1.54) is 0 Å². The molecule has 1 fully saturated rings. The molecular formula is C23H29N3O5. The van der Waals surface area contributed by atoms with Gasteiger partial charge in [-0.25, -0.2) is 0 Å². The minimum atomic E-state index is -0.669. The number of para-hydroxylation sites is 2. The average molecular weight is 428 g/mol. The minimum absolute atomic E-state index is 0.456. The molecule has 0 unspecified atom stereocenters. The molecule has 0 radical (unpaired) electrons. The van der Waals surface area contributed by atoms with Gasteiger partial charge in [-0.3, -0.25) is 9.59 Å². The van der Waals surface area contributed by atoms with E-state index in [0.717, 1.165) is 11.4 Å². The Bertz CT molecular complexity index is 910. The van der Waals surface area contributed by atoms with Gasteiger partial charge >= 0.3 is 11.8 Å². The number of methoxy groups -OCH3 is 1. The van der Waals surface area contributed by atoms with E-state index in [9.17, 15) is 9.59 Å². The number of rotatable bonds is 7. The molecular weight excluding hydrogens is 398 g/mol. The van der Waals surface area contributed by atoms with Crippen molar-refractivity contribution >= 4 is 23.2 Å². The van der Waals surface area contributed by atoms with Gasteiger partial charge in [-0.15, -0.1) is 0 Å². The van der Waals surface area contributed by atoms with Gasteiger partial charge in [-0.2, -0.15) is 0 Å². The maximum atomic E-state index is 12.7. The van der Waals surface area contributed by atoms with E-state index < -0.39 is 11.8 Å². The van der Waals surface area contributed by atoms with E-state index in [1.807, 2.05) is 38.1 Å². The Morgan fingerprint density at radius 3 is 2.26 bits per heavy atom. The fourth-order valence-corrected chi connectivity index (χ4v) is 3.50. The van der Waals surface area contributed by atoms with Gasteiger partial charge in [-0.1, -0.05) is 12.1 Å². The van der Waals surface area contributed by atoms with Crippen LogP contribution in [-0.4, -0.2) is 63.2 Å². The van der Waals surface area contributed by atoms with Crippen LogP contribution in [0.15, 0.2) is 42.5 Å². The molecule has 31 heavy (non-hydrogen) atoms. The molecule has 0 bridgehead atoms. The summed E-state index contributed by atoms with van der Waals surface area (Å²) in [6.07, 6.45) is 0. The molecule has 0 saturated carbocycles. The van der Waals surface area contributed by atoms with E-state index in [-0.39, 0.29) is 0 Å². The van der Waals surface area contributed by atoms with E-state index in [1.54, 1.807) is 30.2 Å². The molecule has 166 valence electrons. The van der Waals surface area contributed by atoms with Crippen molar-refractivity contribution in [3.05, 3.63) is 42.5 Å². The first kappa shape index (κ1) is 22.3. The Morgan fingerprint density at radius 1 is 0.903 bits per heavy atom. The number of benzene rings is 2. The van der Waals surface area contributed by atoms with Crippen LogP contribution in [0.3, 0.4) is 0 Å². The fraction of sp³-hybridized carbons (Fsp3) is 0.391. The molecule has 2 amide bonds. The molecule has 0 aliphatic carbocycles. The molecule has 1 aliphatic rings. The Balaban J connectivity index is 1.60. The molecule has 0 aromatic heterocycles. The van der Waals surface area contributed by atoms with E-state index in [4.69, 9.17) is 14.2 Å². The lowest BCUT2D eigenvalue weighted by Crippen LogP contribution is -2.51. The van der Waals surface area contributed by atoms with Gasteiger partial charge in [0.1, 0.15) is 5.75 Å². The monoisotopic (exact) mass is 427 g/mol. The van der Waals surface area contributed by atoms with Crippen LogP contribution in [-0.2, 0) is 9.59 Å². The lowest BCUT2D eigenvalue weighted by atomic mass is 10.2. The van der Waals surface area contributed by atoms with Gasteiger partial charge in [0.05, 0.1) is 26.0 Å². The number of nitrogens with zero attached hydrogens (tertiary/aromatic N) is 2. The lowest BCUT2D eigenvalue weighted by Gasteiger charge is -2.36. The second-order valence-electron chi connectivity index (χ2n) is 6.93. The van der Waals surface area contributed by atoms with Gasteiger partial charge in [0.25, 0.3) is 0 Å². The topological polar surface area (TPSA) is 80.3 Å². The zero-order valence-electron chi connectivity index (χ0n) is 18.2. The summed E-state index contributed by atoms with van der Waals surface area (Å²) in [5, 5.41) is 2.67. The van der Waals surface area contributed by atoms with Crippen LogP contribution in [0.25, 0.3) is 0 Å². The first-order chi connectivity index (χ1) is 15.1. The molecule has 8 heteroatoms. The van der Waals surface area contributed by atoms with E-state index >= 15 is 0 Å². The summed E-state index contributed by atoms with van der Waals surface area (Å²) in [6, 6.07) is 12.9. The lowest BCUT2D eigenvalue weighted by molar-refractivity contribution is -0.143. The predicted molar refractivity (Wildman–Crippen MR) is 119 cm³/mol. The molecule has 0 spiro atoms. The van der Waals surface area contributed by atoms with Crippen LogP contribution in [0.5, 0.6) is 17.2 Å². The average Bonchev–Trinajstić information content (AvgIpc) is 2.80. The Kier molecular flexibility index (Phi) is 7.59. The van der Waals surface area contributed by atoms with Gasteiger partial charge in [0.2, 0.25) is 0 Å². The number of carbonyl (C=O) groups excluding carboxylic acids is 2. The highest BCUT2D eigenvalue weighted by molar-refractivity contribution is 6.39. The van der Waals surface area contributed by atoms with Crippen LogP contribution in [0.2, 0.25) is 0 Å². The summed E-state index contributed by atoms with van der Waals surface area (Å²) >= 11 is 0. The maximum absolute atomic E-state index is 12.7. The largest absolute Gasteiger partial charge is 0.495 e. The summed E-state index contributed by atoms with van der Waals surface area (Å²) < 4.78 is 16.5. The molecule has 1 saturated heterocycles. The number of piperazine rings is 1. The molecule has 1 heterocycles. The van der Waals surface area contributed by atoms with Crippen molar-refractivity contribution in [1.82, 2.24) is 4.90 Å². The standard InChI is InChI=1S/C23H29N3O5/c1-4-30-20-11-10-17(16-21(20)31-5-2)24-22(27)23(28)26-14-12-25(13-15-26)18-8-6-7-9-19(18)29-3/h6-11,16H,4-5,12-15H2,1-3H3,(H,24,27). The number of hydrogen-bond acceptors (Lipinski definition) is 6. The molecule has 1 N–H and O–H groups in total. The Hall–Kier alpha value is -3.42. The van der Waals surface area contributed by atoms with Crippen LogP contribution >= 0.6 is 0 Å². The van der Waals surface area contributed by atoms with Crippen molar-refractivity contribution in [2.45, 2.75) is 13.8 Å². The summed E-state index contributed by atoms with van der Waals surface area (Å²) in [5.41, 5.74) is 1.47. The van der Waals surface area contributed by atoms with E-state index in [0.29, 0.717) is 56.6 Å². The first-order valence-corrected chi connectivity index (χ1v) is 10.4.